The third-order valence-electron chi connectivity index (χ3n) is 17.0. The molecular weight excluding hydrogens is 1640 g/mol. The van der Waals surface area contributed by atoms with Gasteiger partial charge in [-0.2, -0.15) is 15.0 Å². The number of imidazole rings is 1. The van der Waals surface area contributed by atoms with E-state index >= 15 is 0 Å². The summed E-state index contributed by atoms with van der Waals surface area (Å²) in [5.74, 6) is -0.634. The molecule has 43 nitrogen and oxygen atoms in total. The van der Waals surface area contributed by atoms with Crippen molar-refractivity contribution in [2.75, 3.05) is 89.8 Å². The van der Waals surface area contributed by atoms with Gasteiger partial charge in [-0.15, -0.1) is 0 Å². The maximum Gasteiger partial charge on any atom is 0.386 e. The predicted molar refractivity (Wildman–Crippen MR) is 386 cm³/mol. The summed E-state index contributed by atoms with van der Waals surface area (Å²) in [7, 11) is 0. The lowest BCUT2D eigenvalue weighted by Gasteiger charge is -2.29. The molecule has 0 aliphatic carbocycles. The van der Waals surface area contributed by atoms with E-state index < -0.39 is 179 Å². The van der Waals surface area contributed by atoms with Gasteiger partial charge in [0.2, 0.25) is 5.95 Å². The number of aliphatic hydroxyl groups is 1. The van der Waals surface area contributed by atoms with Crippen LogP contribution < -0.4 is 62.4 Å². The Morgan fingerprint density at radius 1 is 0.566 bits per heavy atom. The van der Waals surface area contributed by atoms with Crippen LogP contribution in [0.1, 0.15) is 75.7 Å². The average molecular weight is 1710 g/mol. The summed E-state index contributed by atoms with van der Waals surface area (Å²) in [4.78, 5) is 112. The lowest BCUT2D eigenvalue weighted by molar-refractivity contribution is -0.0539. The number of H-pyrrole nitrogens is 3. The standard InChI is InChI=1S/C54H75BrN16O27P4S4/c1-26-13-40(67-6-3-38(57)61-51(67)76)91-34(26)21-89-102(106,85-12-11-84-10-9-83-8-5-56)98-32-17-42(69-18-27(2)47(73)65-53(69)78)93-37(32)24-88-101(82,105)97-31-16-44(71-25-60-45-46(71)63-50(59)64-49(45)75)94-36(31)23-87-100(81,104)96-30-15-41(68-7-4-39(58)62-52(68)77)92-35(30)22-86-99(80,103)95-29-14-43(90-33(29)20-72)70-19-28(55)48(74)66-54(70)79/h3-4,6-7,18-19,25-26,29-37,40-44,72H,5,8-17,20-24,56H2,1-2H3,(H,80,103)(H,81,104)(H,82,105)(H2,57,61,76)(H2,58,62,77)(H,65,73,78)(H,66,74,79)(H3,59,63,64,75)/t26-,29-,30-,31-,32-,33?,34?,35?,36?,37?,40-,41-,42-,43-,44-,99?,100?,101?,102?/m1/s1. The molecule has 5 saturated heterocycles. The van der Waals surface area contributed by atoms with E-state index in [4.69, 9.17) is 109 Å². The monoisotopic (exact) mass is 1710 g/mol. The Balaban J connectivity index is 0.809. The van der Waals surface area contributed by atoms with Crippen molar-refractivity contribution in [3.63, 3.8) is 0 Å². The fourth-order valence-corrected chi connectivity index (χ4v) is 18.9. The van der Waals surface area contributed by atoms with E-state index in [9.17, 15) is 52.4 Å². The largest absolute Gasteiger partial charge is 0.394 e. The van der Waals surface area contributed by atoms with Crippen LogP contribution >= 0.6 is 79.8 Å². The summed E-state index contributed by atoms with van der Waals surface area (Å²) in [6.07, 6.45) is -11.2. The molecular formula is C54H75BrN16O27P4S4. The average Bonchev–Trinajstić information content (AvgIpc) is 1.64. The number of hydrogen-bond donors (Lipinski definition) is 11. The third kappa shape index (κ3) is 20.6. The first kappa shape index (κ1) is 82.0. The van der Waals surface area contributed by atoms with E-state index in [0.29, 0.717) is 19.6 Å². The molecule has 0 amide bonds. The molecule has 584 valence electrons. The van der Waals surface area contributed by atoms with Crippen molar-refractivity contribution in [1.29, 1.82) is 0 Å². The van der Waals surface area contributed by atoms with Gasteiger partial charge >= 0.3 is 49.9 Å². The normalized spacial score (nSPS) is 28.4. The molecule has 12 N–H and O–H groups in total. The zero-order chi connectivity index (χ0) is 76.2. The van der Waals surface area contributed by atoms with Crippen LogP contribution in [0.4, 0.5) is 17.6 Å². The molecule has 11 heterocycles. The van der Waals surface area contributed by atoms with Gasteiger partial charge in [0.1, 0.15) is 85.5 Å². The van der Waals surface area contributed by atoms with Gasteiger partial charge in [-0.3, -0.25) is 79.3 Å². The molecule has 19 atom stereocenters. The molecule has 106 heavy (non-hydrogen) atoms. The van der Waals surface area contributed by atoms with Crippen molar-refractivity contribution in [3.8, 4) is 0 Å². The topological polar surface area (TPSA) is 566 Å². The molecule has 6 aromatic heterocycles. The third-order valence-corrected chi connectivity index (χ3v) is 24.9. The molecule has 0 radical (unpaired) electrons. The van der Waals surface area contributed by atoms with Gasteiger partial charge in [0, 0.05) is 62.6 Å². The number of aromatic nitrogens is 12. The molecule has 5 aliphatic rings. The minimum absolute atomic E-state index is 0.0176. The first-order chi connectivity index (χ1) is 50.3. The lowest BCUT2D eigenvalue weighted by atomic mass is 10.0. The highest BCUT2D eigenvalue weighted by Gasteiger charge is 2.49. The fourth-order valence-electron chi connectivity index (χ4n) is 11.9. The van der Waals surface area contributed by atoms with Gasteiger partial charge in [-0.25, -0.2) is 37.9 Å². The van der Waals surface area contributed by atoms with Crippen LogP contribution in [-0.4, -0.2) is 190 Å². The van der Waals surface area contributed by atoms with E-state index in [0.717, 1.165) is 19.9 Å². The number of aryl methyl sites for hydroxylation is 1. The SMILES string of the molecule is Cc1cn([C@H]2C[C@@H](OP(=S)(OCCOCCOCCN)OCC3O[C@@H](n4ccc(N)nc4=O)C[C@H]3C)C(COP(=O)(S)O[C@@H]3C[C@H](n4cnc5c(=O)[nH]c(N)nc54)OC3COP(=O)(S)O[C@@H]3C[C@H](n4ccc(N)nc4=O)OC3COP(=O)(S)O[C@@H]3C[C@H](n4cc(Br)c(=O)[nH]c4=O)OC3CO)O2)c(=O)[nH]c1=O. The van der Waals surface area contributed by atoms with Crippen LogP contribution in [0.15, 0.2) is 81.3 Å². The number of ether oxygens (including phenoxy) is 7. The van der Waals surface area contributed by atoms with E-state index in [1.807, 2.05) is 6.92 Å². The Morgan fingerprint density at radius 3 is 1.54 bits per heavy atom. The number of nitrogens with one attached hydrogen (secondary N) is 3. The second-order valence-electron chi connectivity index (χ2n) is 24.4. The number of aliphatic hydroxyl groups excluding tert-OH is 1. The zero-order valence-electron chi connectivity index (χ0n) is 55.8. The van der Waals surface area contributed by atoms with Crippen LogP contribution in [0, 0.1) is 12.8 Å². The highest BCUT2D eigenvalue weighted by molar-refractivity contribution is 9.10. The molecule has 9 unspecified atom stereocenters. The zero-order valence-corrected chi connectivity index (χ0v) is 64.5. The number of thiol groups is 3. The fraction of sp³-hybridized carbons (Fsp3) is 0.611. The highest BCUT2D eigenvalue weighted by Crippen LogP contribution is 2.61. The second-order valence-corrected chi connectivity index (χ2v) is 36.9. The summed E-state index contributed by atoms with van der Waals surface area (Å²) in [6.45, 7) is -17.1. The minimum Gasteiger partial charge on any atom is -0.394 e. The number of nitrogens with two attached hydrogens (primary N) is 4. The molecule has 52 heteroatoms. The number of rotatable bonds is 35. The van der Waals surface area contributed by atoms with E-state index in [-0.39, 0.29) is 103 Å². The Bertz CT molecular complexity index is 4790. The predicted octanol–water partition coefficient (Wildman–Crippen LogP) is 1.57. The summed E-state index contributed by atoms with van der Waals surface area (Å²) in [5.41, 5.74) is 17.6. The molecule has 0 spiro atoms. The highest BCUT2D eigenvalue weighted by atomic mass is 79.9. The van der Waals surface area contributed by atoms with Crippen LogP contribution in [0.5, 0.6) is 0 Å². The summed E-state index contributed by atoms with van der Waals surface area (Å²) in [6, 6.07) is 2.75. The minimum atomic E-state index is -4.75. The Kier molecular flexibility index (Phi) is 27.2. The quantitative estimate of drug-likeness (QED) is 0.0153. The smallest absolute Gasteiger partial charge is 0.386 e. The number of halogens is 1. The summed E-state index contributed by atoms with van der Waals surface area (Å²) < 4.78 is 146. The molecule has 0 bridgehead atoms. The van der Waals surface area contributed by atoms with Crippen molar-refractivity contribution in [1.82, 2.24) is 57.7 Å². The lowest BCUT2D eigenvalue weighted by Crippen LogP contribution is -2.33. The maximum absolute atomic E-state index is 14.9. The first-order valence-electron chi connectivity index (χ1n) is 32.3. The van der Waals surface area contributed by atoms with Gasteiger partial charge in [-0.1, -0.05) is 43.7 Å². The van der Waals surface area contributed by atoms with Crippen LogP contribution in [-0.2, 0) is 99.4 Å². The molecule has 0 saturated carbocycles. The van der Waals surface area contributed by atoms with Gasteiger partial charge in [0.15, 0.2) is 11.2 Å². The van der Waals surface area contributed by atoms with Gasteiger partial charge < -0.3 is 74.8 Å². The van der Waals surface area contributed by atoms with Crippen molar-refractivity contribution in [3.05, 3.63) is 126 Å². The van der Waals surface area contributed by atoms with Crippen molar-refractivity contribution < 1.29 is 92.7 Å². The second kappa shape index (κ2) is 35.2. The van der Waals surface area contributed by atoms with Gasteiger partial charge in [0.05, 0.1) is 89.1 Å². The van der Waals surface area contributed by atoms with Gasteiger partial charge in [0.25, 0.3) is 16.7 Å². The number of nitrogens with zero attached hydrogens (tertiary/aromatic N) is 9. The van der Waals surface area contributed by atoms with Crippen LogP contribution in [0.2, 0.25) is 0 Å². The Hall–Kier alpha value is -4.98. The molecule has 5 fully saturated rings. The van der Waals surface area contributed by atoms with E-state index in [1.54, 1.807) is 0 Å². The van der Waals surface area contributed by atoms with Gasteiger partial charge in [-0.05, 0) is 59.1 Å². The number of nitrogen functional groups attached to an aromatic ring is 3. The Labute approximate surface area is 626 Å². The first-order valence-corrected chi connectivity index (χ1v) is 43.7. The number of aromatic amines is 3. The molecule has 11 rings (SSSR count). The van der Waals surface area contributed by atoms with Crippen molar-refractivity contribution in [2.45, 2.75) is 132 Å². The van der Waals surface area contributed by atoms with Crippen LogP contribution in [0.25, 0.3) is 11.2 Å². The van der Waals surface area contributed by atoms with Crippen LogP contribution in [0.3, 0.4) is 0 Å². The summed E-state index contributed by atoms with van der Waals surface area (Å²) >= 11 is 22.0. The molecule has 0 aromatic carbocycles. The number of hydrogen-bond acceptors (Lipinski definition) is 36. The molecule has 5 aliphatic heterocycles. The molecule has 6 aromatic rings. The van der Waals surface area contributed by atoms with E-state index in [1.165, 1.54) is 53.1 Å². The number of anilines is 3. The van der Waals surface area contributed by atoms with Crippen molar-refractivity contribution in [2.24, 2.45) is 11.7 Å². The summed E-state index contributed by atoms with van der Waals surface area (Å²) in [5, 5.41) is 10.2. The number of fused-ring (bicyclic) bond motifs is 1. The maximum atomic E-state index is 14.9. The van der Waals surface area contributed by atoms with E-state index in [2.05, 4.69) is 87.6 Å². The Morgan fingerprint density at radius 2 is 1.01 bits per heavy atom. The van der Waals surface area contributed by atoms with Crippen molar-refractivity contribution >= 4 is 120 Å².